The van der Waals surface area contributed by atoms with Crippen LogP contribution in [0.1, 0.15) is 27.0 Å². The minimum absolute atomic E-state index is 0.250. The Balaban J connectivity index is 2.41. The third-order valence-electron chi connectivity index (χ3n) is 3.97. The number of rotatable bonds is 6. The summed E-state index contributed by atoms with van der Waals surface area (Å²) >= 11 is 0. The third-order valence-corrected chi connectivity index (χ3v) is 5.16. The average Bonchev–Trinajstić information content (AvgIpc) is 2.53. The van der Waals surface area contributed by atoms with Gasteiger partial charge < -0.3 is 10.5 Å². The average molecular weight is 362 g/mol. The van der Waals surface area contributed by atoms with Crippen LogP contribution in [-0.2, 0) is 16.6 Å². The van der Waals surface area contributed by atoms with Gasteiger partial charge in [-0.25, -0.2) is 8.42 Å². The van der Waals surface area contributed by atoms with E-state index < -0.39 is 15.9 Å². The minimum Gasteiger partial charge on any atom is -0.487 e. The highest BCUT2D eigenvalue weighted by molar-refractivity contribution is 7.92. The molecule has 2 aromatic carbocycles. The molecule has 0 aliphatic heterocycles. The van der Waals surface area contributed by atoms with Crippen LogP contribution in [0, 0.1) is 13.8 Å². The van der Waals surface area contributed by atoms with Crippen molar-refractivity contribution in [1.29, 1.82) is 0 Å². The van der Waals surface area contributed by atoms with Gasteiger partial charge in [-0.2, -0.15) is 0 Å². The molecule has 0 aromatic heterocycles. The molecule has 7 heteroatoms. The van der Waals surface area contributed by atoms with Gasteiger partial charge in [0.05, 0.1) is 11.9 Å². The molecule has 0 saturated carbocycles. The smallest absolute Gasteiger partial charge is 0.248 e. The second-order valence-corrected chi connectivity index (χ2v) is 8.01. The summed E-state index contributed by atoms with van der Waals surface area (Å²) in [6.45, 7) is 4.21. The van der Waals surface area contributed by atoms with Crippen molar-refractivity contribution in [3.8, 4) is 5.75 Å². The van der Waals surface area contributed by atoms with E-state index >= 15 is 0 Å². The van der Waals surface area contributed by atoms with Crippen LogP contribution in [0.25, 0.3) is 0 Å². The molecule has 0 aliphatic rings. The summed E-state index contributed by atoms with van der Waals surface area (Å²) in [7, 11) is -2.04. The molecular formula is C18H22N2O4S. The molecule has 0 radical (unpaired) electrons. The maximum Gasteiger partial charge on any atom is 0.248 e. The van der Waals surface area contributed by atoms with E-state index in [0.717, 1.165) is 27.3 Å². The van der Waals surface area contributed by atoms with Crippen molar-refractivity contribution >= 4 is 21.6 Å². The van der Waals surface area contributed by atoms with E-state index in [9.17, 15) is 13.2 Å². The Labute approximate surface area is 148 Å². The van der Waals surface area contributed by atoms with Gasteiger partial charge in [0.1, 0.15) is 12.4 Å². The van der Waals surface area contributed by atoms with Crippen molar-refractivity contribution in [2.45, 2.75) is 20.5 Å². The van der Waals surface area contributed by atoms with Gasteiger partial charge in [-0.15, -0.1) is 0 Å². The molecular weight excluding hydrogens is 340 g/mol. The predicted octanol–water partition coefficient (Wildman–Crippen LogP) is 2.38. The molecule has 0 atom stereocenters. The van der Waals surface area contributed by atoms with E-state index in [4.69, 9.17) is 10.5 Å². The third kappa shape index (κ3) is 4.51. The summed E-state index contributed by atoms with van der Waals surface area (Å²) < 4.78 is 30.7. The van der Waals surface area contributed by atoms with E-state index in [1.165, 1.54) is 25.2 Å². The number of hydrogen-bond acceptors (Lipinski definition) is 4. The fourth-order valence-corrected chi connectivity index (χ4v) is 2.84. The first-order chi connectivity index (χ1) is 11.6. The van der Waals surface area contributed by atoms with Crippen LogP contribution in [0.2, 0.25) is 0 Å². The lowest BCUT2D eigenvalue weighted by Gasteiger charge is -2.21. The van der Waals surface area contributed by atoms with Gasteiger partial charge in [0.2, 0.25) is 15.9 Å². The molecule has 2 aromatic rings. The molecule has 134 valence electrons. The number of nitrogens with two attached hydrogens (primary N) is 1. The summed E-state index contributed by atoms with van der Waals surface area (Å²) in [5.74, 6) is -0.324. The van der Waals surface area contributed by atoms with Crippen LogP contribution in [0.5, 0.6) is 5.75 Å². The number of aryl methyl sites for hydroxylation is 2. The number of nitrogens with zero attached hydrogens (tertiary/aromatic N) is 1. The maximum atomic E-state index is 11.9. The van der Waals surface area contributed by atoms with Gasteiger partial charge in [-0.1, -0.05) is 23.8 Å². The Morgan fingerprint density at radius 3 is 2.44 bits per heavy atom. The molecule has 0 fully saturated rings. The van der Waals surface area contributed by atoms with E-state index in [1.54, 1.807) is 0 Å². The van der Waals surface area contributed by atoms with Crippen molar-refractivity contribution in [2.24, 2.45) is 5.73 Å². The standard InChI is InChI=1S/C18H22N2O4S/c1-12-5-6-13(2)15(9-12)11-24-17-10-14(18(19)21)7-8-16(17)20(3)25(4,22)23/h5-10H,11H2,1-4H3,(H2,19,21). The van der Waals surface area contributed by atoms with Crippen LogP contribution < -0.4 is 14.8 Å². The Kier molecular flexibility index (Phi) is 5.37. The molecule has 0 bridgehead atoms. The Hall–Kier alpha value is -2.54. The van der Waals surface area contributed by atoms with Crippen LogP contribution >= 0.6 is 0 Å². The van der Waals surface area contributed by atoms with Gasteiger partial charge in [-0.05, 0) is 43.2 Å². The van der Waals surface area contributed by atoms with Gasteiger partial charge in [-0.3, -0.25) is 9.10 Å². The second-order valence-electron chi connectivity index (χ2n) is 6.00. The minimum atomic E-state index is -3.47. The molecule has 6 nitrogen and oxygen atoms in total. The quantitative estimate of drug-likeness (QED) is 0.854. The zero-order valence-electron chi connectivity index (χ0n) is 14.7. The topological polar surface area (TPSA) is 89.7 Å². The molecule has 1 amide bonds. The lowest BCUT2D eigenvalue weighted by Crippen LogP contribution is -2.25. The molecule has 0 spiro atoms. The summed E-state index contributed by atoms with van der Waals surface area (Å²) in [4.78, 5) is 11.4. The largest absolute Gasteiger partial charge is 0.487 e. The number of amides is 1. The van der Waals surface area contributed by atoms with Crippen LogP contribution in [-0.4, -0.2) is 27.6 Å². The molecule has 2 N–H and O–H groups in total. The number of hydrogen-bond donors (Lipinski definition) is 1. The van der Waals surface area contributed by atoms with E-state index in [2.05, 4.69) is 0 Å². The van der Waals surface area contributed by atoms with Crippen molar-refractivity contribution in [3.05, 3.63) is 58.7 Å². The van der Waals surface area contributed by atoms with E-state index in [-0.39, 0.29) is 17.9 Å². The van der Waals surface area contributed by atoms with Gasteiger partial charge >= 0.3 is 0 Å². The molecule has 2 rings (SSSR count). The van der Waals surface area contributed by atoms with Crippen molar-refractivity contribution < 1.29 is 17.9 Å². The SMILES string of the molecule is Cc1ccc(C)c(COc2cc(C(N)=O)ccc2N(C)S(C)(=O)=O)c1. The van der Waals surface area contributed by atoms with Crippen molar-refractivity contribution in [3.63, 3.8) is 0 Å². The monoisotopic (exact) mass is 362 g/mol. The first-order valence-electron chi connectivity index (χ1n) is 7.66. The zero-order valence-corrected chi connectivity index (χ0v) is 15.6. The highest BCUT2D eigenvalue weighted by Gasteiger charge is 2.18. The molecule has 0 heterocycles. The molecule has 0 aliphatic carbocycles. The van der Waals surface area contributed by atoms with E-state index in [0.29, 0.717) is 5.69 Å². The summed E-state index contributed by atoms with van der Waals surface area (Å²) in [5.41, 5.74) is 9.06. The lowest BCUT2D eigenvalue weighted by atomic mass is 10.1. The molecule has 0 unspecified atom stereocenters. The van der Waals surface area contributed by atoms with Crippen molar-refractivity contribution in [1.82, 2.24) is 0 Å². The maximum absolute atomic E-state index is 11.9. The molecule has 25 heavy (non-hydrogen) atoms. The van der Waals surface area contributed by atoms with Crippen LogP contribution in [0.15, 0.2) is 36.4 Å². The number of carbonyl (C=O) groups excluding carboxylic acids is 1. The number of benzene rings is 2. The fourth-order valence-electron chi connectivity index (χ4n) is 2.33. The number of sulfonamides is 1. The number of carbonyl (C=O) groups is 1. The lowest BCUT2D eigenvalue weighted by molar-refractivity contribution is 0.1000. The number of anilines is 1. The van der Waals surface area contributed by atoms with Crippen LogP contribution in [0.3, 0.4) is 0 Å². The van der Waals surface area contributed by atoms with Gasteiger partial charge in [0.25, 0.3) is 0 Å². The van der Waals surface area contributed by atoms with Gasteiger partial charge in [0.15, 0.2) is 0 Å². The predicted molar refractivity (Wildman–Crippen MR) is 98.5 cm³/mol. The second kappa shape index (κ2) is 7.14. The Morgan fingerprint density at radius 2 is 1.84 bits per heavy atom. The summed E-state index contributed by atoms with van der Waals surface area (Å²) in [6, 6.07) is 10.5. The summed E-state index contributed by atoms with van der Waals surface area (Å²) in [5, 5.41) is 0. The van der Waals surface area contributed by atoms with E-state index in [1.807, 2.05) is 32.0 Å². The Morgan fingerprint density at radius 1 is 1.16 bits per heavy atom. The van der Waals surface area contributed by atoms with Gasteiger partial charge in [0, 0.05) is 12.6 Å². The summed E-state index contributed by atoms with van der Waals surface area (Å²) in [6.07, 6.45) is 1.10. The molecule has 0 saturated heterocycles. The Bertz CT molecular complexity index is 907. The fraction of sp³-hybridized carbons (Fsp3) is 0.278. The highest BCUT2D eigenvalue weighted by atomic mass is 32.2. The zero-order chi connectivity index (χ0) is 18.8. The highest BCUT2D eigenvalue weighted by Crippen LogP contribution is 2.31. The normalized spacial score (nSPS) is 11.2. The van der Waals surface area contributed by atoms with Crippen LogP contribution in [0.4, 0.5) is 5.69 Å². The number of primary amides is 1. The first kappa shape index (κ1) is 18.8. The first-order valence-corrected chi connectivity index (χ1v) is 9.51. The van der Waals surface area contributed by atoms with Crippen molar-refractivity contribution in [2.75, 3.05) is 17.6 Å². The number of ether oxygens (including phenoxy) is 1.